The van der Waals surface area contributed by atoms with Crippen LogP contribution in [0.25, 0.3) is 0 Å². The number of ether oxygens (including phenoxy) is 1. The zero-order valence-electron chi connectivity index (χ0n) is 8.68. The molecule has 17 heavy (non-hydrogen) atoms. The maximum Gasteiger partial charge on any atom is 0.456 e. The lowest BCUT2D eigenvalue weighted by molar-refractivity contribution is -0.290. The summed E-state index contributed by atoms with van der Waals surface area (Å²) in [4.78, 5) is 3.55. The van der Waals surface area contributed by atoms with Crippen LogP contribution in [0.2, 0.25) is 0 Å². The van der Waals surface area contributed by atoms with Gasteiger partial charge in [-0.05, 0) is 6.07 Å². The third kappa shape index (κ3) is 3.43. The van der Waals surface area contributed by atoms with Crippen molar-refractivity contribution in [3.63, 3.8) is 0 Å². The second-order valence-electron chi connectivity index (χ2n) is 3.13. The molecule has 1 aromatic heterocycles. The number of nitrogens with zero attached hydrogens (tertiary/aromatic N) is 1. The Kier molecular flexibility index (Phi) is 3.74. The monoisotopic (exact) mass is 256 g/mol. The molecule has 8 heteroatoms. The molecular weight excluding hydrogens is 247 g/mol. The van der Waals surface area contributed by atoms with Crippen molar-refractivity contribution < 1.29 is 26.7 Å². The Balaban J connectivity index is 2.61. The number of alkyl halides is 5. The number of anilines is 1. The summed E-state index contributed by atoms with van der Waals surface area (Å²) in [6.07, 6.45) is -4.38. The molecule has 96 valence electrons. The highest BCUT2D eigenvalue weighted by atomic mass is 19.4. The Morgan fingerprint density at radius 3 is 2.29 bits per heavy atom. The van der Waals surface area contributed by atoms with Gasteiger partial charge in [-0.15, -0.1) is 0 Å². The maximum atomic E-state index is 12.5. The largest absolute Gasteiger partial charge is 0.471 e. The fourth-order valence-corrected chi connectivity index (χ4v) is 0.860. The van der Waals surface area contributed by atoms with Crippen molar-refractivity contribution in [1.29, 1.82) is 0 Å². The lowest BCUT2D eigenvalue weighted by Gasteiger charge is -2.19. The van der Waals surface area contributed by atoms with Gasteiger partial charge >= 0.3 is 12.1 Å². The third-order valence-corrected chi connectivity index (χ3v) is 1.84. The standard InChI is InChI=1S/C9H9F5N2O/c1-15-6-2-3-7(16-4-6)17-5-8(10,11)9(12,13)14/h2-4,15H,5H2,1H3. The van der Waals surface area contributed by atoms with Gasteiger partial charge in [0, 0.05) is 13.1 Å². The van der Waals surface area contributed by atoms with E-state index in [4.69, 9.17) is 0 Å². The van der Waals surface area contributed by atoms with Crippen LogP contribution >= 0.6 is 0 Å². The van der Waals surface area contributed by atoms with Crippen molar-refractivity contribution >= 4 is 5.69 Å². The van der Waals surface area contributed by atoms with Crippen LogP contribution in [-0.2, 0) is 0 Å². The molecule has 0 aromatic carbocycles. The molecule has 0 spiro atoms. The topological polar surface area (TPSA) is 34.1 Å². The van der Waals surface area contributed by atoms with E-state index in [-0.39, 0.29) is 5.88 Å². The number of aromatic nitrogens is 1. The van der Waals surface area contributed by atoms with Gasteiger partial charge in [0.1, 0.15) is 0 Å². The summed E-state index contributed by atoms with van der Waals surface area (Å²) in [6, 6.07) is 2.63. The van der Waals surface area contributed by atoms with Gasteiger partial charge in [0.2, 0.25) is 5.88 Å². The second-order valence-corrected chi connectivity index (χ2v) is 3.13. The van der Waals surface area contributed by atoms with Crippen molar-refractivity contribution in [3.8, 4) is 5.88 Å². The summed E-state index contributed by atoms with van der Waals surface area (Å²) in [6.45, 7) is -1.79. The highest BCUT2D eigenvalue weighted by Crippen LogP contribution is 2.35. The Morgan fingerprint density at radius 1 is 1.24 bits per heavy atom. The van der Waals surface area contributed by atoms with E-state index in [9.17, 15) is 22.0 Å². The third-order valence-electron chi connectivity index (χ3n) is 1.84. The van der Waals surface area contributed by atoms with Crippen LogP contribution < -0.4 is 10.1 Å². The molecule has 0 bridgehead atoms. The summed E-state index contributed by atoms with van der Waals surface area (Å²) in [5.74, 6) is -5.19. The van der Waals surface area contributed by atoms with Gasteiger partial charge in [-0.2, -0.15) is 22.0 Å². The first-order chi connectivity index (χ1) is 7.76. The van der Waals surface area contributed by atoms with E-state index in [0.717, 1.165) is 0 Å². The van der Waals surface area contributed by atoms with Gasteiger partial charge in [-0.3, -0.25) is 0 Å². The number of rotatable bonds is 4. The Labute approximate surface area is 93.6 Å². The molecule has 0 fully saturated rings. The number of nitrogens with one attached hydrogen (secondary N) is 1. The minimum Gasteiger partial charge on any atom is -0.471 e. The number of halogens is 5. The maximum absolute atomic E-state index is 12.5. The van der Waals surface area contributed by atoms with E-state index in [1.807, 2.05) is 0 Å². The normalized spacial score (nSPS) is 12.4. The summed E-state index contributed by atoms with van der Waals surface area (Å²) in [5.41, 5.74) is 0.583. The quantitative estimate of drug-likeness (QED) is 0.841. The van der Waals surface area contributed by atoms with Crippen LogP contribution in [0.15, 0.2) is 18.3 Å². The molecule has 0 amide bonds. The van der Waals surface area contributed by atoms with Crippen LogP contribution in [0.5, 0.6) is 5.88 Å². The molecule has 1 aromatic rings. The van der Waals surface area contributed by atoms with Crippen molar-refractivity contribution in [2.75, 3.05) is 19.0 Å². The van der Waals surface area contributed by atoms with Crippen molar-refractivity contribution in [3.05, 3.63) is 18.3 Å². The molecule has 1 rings (SSSR count). The first kappa shape index (κ1) is 13.5. The molecule has 0 radical (unpaired) electrons. The van der Waals surface area contributed by atoms with Gasteiger partial charge < -0.3 is 10.1 Å². The highest BCUT2D eigenvalue weighted by Gasteiger charge is 2.58. The van der Waals surface area contributed by atoms with Gasteiger partial charge in [0.05, 0.1) is 11.9 Å². The summed E-state index contributed by atoms with van der Waals surface area (Å²) in [5, 5.41) is 2.70. The van der Waals surface area contributed by atoms with E-state index < -0.39 is 18.7 Å². The molecule has 0 aliphatic rings. The molecule has 0 aliphatic heterocycles. The van der Waals surface area contributed by atoms with Crippen LogP contribution in [-0.4, -0.2) is 30.7 Å². The minimum atomic E-state index is -5.63. The molecule has 1 heterocycles. The van der Waals surface area contributed by atoms with Gasteiger partial charge in [-0.25, -0.2) is 4.98 Å². The Morgan fingerprint density at radius 2 is 1.88 bits per heavy atom. The van der Waals surface area contributed by atoms with Crippen molar-refractivity contribution in [1.82, 2.24) is 4.98 Å². The van der Waals surface area contributed by atoms with Crippen molar-refractivity contribution in [2.45, 2.75) is 12.1 Å². The first-order valence-corrected chi connectivity index (χ1v) is 4.47. The van der Waals surface area contributed by atoms with Gasteiger partial charge in [0.25, 0.3) is 0 Å². The van der Waals surface area contributed by atoms with E-state index in [1.54, 1.807) is 7.05 Å². The lowest BCUT2D eigenvalue weighted by atomic mass is 10.3. The predicted molar refractivity (Wildman–Crippen MR) is 50.3 cm³/mol. The number of hydrogen-bond acceptors (Lipinski definition) is 3. The Hall–Kier alpha value is -1.60. The minimum absolute atomic E-state index is 0.298. The van der Waals surface area contributed by atoms with Gasteiger partial charge in [-0.1, -0.05) is 0 Å². The van der Waals surface area contributed by atoms with Crippen LogP contribution in [0.4, 0.5) is 27.6 Å². The van der Waals surface area contributed by atoms with E-state index in [1.165, 1.54) is 18.3 Å². The zero-order valence-corrected chi connectivity index (χ0v) is 8.68. The fourth-order valence-electron chi connectivity index (χ4n) is 0.860. The van der Waals surface area contributed by atoms with Crippen molar-refractivity contribution in [2.24, 2.45) is 0 Å². The zero-order chi connectivity index (χ0) is 13.1. The fraction of sp³-hybridized carbons (Fsp3) is 0.444. The highest BCUT2D eigenvalue weighted by molar-refractivity contribution is 5.40. The molecular formula is C9H9F5N2O. The Bertz CT molecular complexity index is 363. The summed E-state index contributed by atoms with van der Waals surface area (Å²) < 4.78 is 64.6. The molecule has 0 atom stereocenters. The molecule has 3 nitrogen and oxygen atoms in total. The van der Waals surface area contributed by atoms with Crippen LogP contribution in [0.1, 0.15) is 0 Å². The van der Waals surface area contributed by atoms with E-state index in [0.29, 0.717) is 5.69 Å². The average molecular weight is 256 g/mol. The molecule has 0 saturated heterocycles. The smallest absolute Gasteiger partial charge is 0.456 e. The lowest BCUT2D eigenvalue weighted by Crippen LogP contribution is -2.41. The van der Waals surface area contributed by atoms with Crippen LogP contribution in [0.3, 0.4) is 0 Å². The molecule has 0 aliphatic carbocycles. The first-order valence-electron chi connectivity index (χ1n) is 4.47. The average Bonchev–Trinajstić information content (AvgIpc) is 2.25. The van der Waals surface area contributed by atoms with E-state index in [2.05, 4.69) is 15.0 Å². The van der Waals surface area contributed by atoms with Gasteiger partial charge in [0.15, 0.2) is 6.61 Å². The summed E-state index contributed by atoms with van der Waals surface area (Å²) in [7, 11) is 1.61. The molecule has 1 N–H and O–H groups in total. The molecule has 0 unspecified atom stereocenters. The number of pyridine rings is 1. The SMILES string of the molecule is CNc1ccc(OCC(F)(F)C(F)(F)F)nc1. The second kappa shape index (κ2) is 4.72. The van der Waals surface area contributed by atoms with E-state index >= 15 is 0 Å². The summed E-state index contributed by atoms with van der Waals surface area (Å²) >= 11 is 0. The number of hydrogen-bond donors (Lipinski definition) is 1. The predicted octanol–water partition coefficient (Wildman–Crippen LogP) is 2.70. The van der Waals surface area contributed by atoms with Crippen LogP contribution in [0, 0.1) is 0 Å². The molecule has 0 saturated carbocycles.